The third kappa shape index (κ3) is 4.40. The molecule has 0 bridgehead atoms. The van der Waals surface area contributed by atoms with Gasteiger partial charge in [-0.15, -0.1) is 0 Å². The molecule has 0 aliphatic carbocycles. The van der Waals surface area contributed by atoms with Crippen LogP contribution in [0.1, 0.15) is 23.8 Å². The normalized spacial score (nSPS) is 9.67. The summed E-state index contributed by atoms with van der Waals surface area (Å²) < 4.78 is 9.36. The number of ether oxygens (including phenoxy) is 2. The summed E-state index contributed by atoms with van der Waals surface area (Å²) in [6.45, 7) is 2.57. The number of nitrogens with one attached hydrogen (secondary N) is 1. The lowest BCUT2D eigenvalue weighted by Gasteiger charge is -2.06. The molecule has 0 spiro atoms. The largest absolute Gasteiger partial charge is 0.466 e. The summed E-state index contributed by atoms with van der Waals surface area (Å²) in [5.74, 6) is -0.753. The van der Waals surface area contributed by atoms with Gasteiger partial charge in [0.15, 0.2) is 0 Å². The van der Waals surface area contributed by atoms with Crippen molar-refractivity contribution < 1.29 is 19.1 Å². The van der Waals surface area contributed by atoms with Crippen LogP contribution < -0.4 is 5.32 Å². The number of anilines is 1. The van der Waals surface area contributed by atoms with Crippen LogP contribution in [0.5, 0.6) is 0 Å². The van der Waals surface area contributed by atoms with E-state index in [-0.39, 0.29) is 18.1 Å². The Balaban J connectivity index is 2.47. The van der Waals surface area contributed by atoms with Gasteiger partial charge in [0.25, 0.3) is 0 Å². The van der Waals surface area contributed by atoms with Crippen molar-refractivity contribution in [2.75, 3.05) is 25.6 Å². The molecule has 6 nitrogen and oxygen atoms in total. The van der Waals surface area contributed by atoms with Crippen molar-refractivity contribution in [3.05, 3.63) is 24.0 Å². The molecular formula is C12H16N2O4. The number of aromatic nitrogens is 1. The van der Waals surface area contributed by atoms with E-state index in [1.165, 1.54) is 13.3 Å². The molecule has 0 aliphatic heterocycles. The van der Waals surface area contributed by atoms with Gasteiger partial charge < -0.3 is 14.8 Å². The molecule has 18 heavy (non-hydrogen) atoms. The quantitative estimate of drug-likeness (QED) is 0.767. The molecule has 1 aromatic heterocycles. The first-order valence-electron chi connectivity index (χ1n) is 5.61. The second kappa shape index (κ2) is 7.26. The third-order valence-corrected chi connectivity index (χ3v) is 2.12. The van der Waals surface area contributed by atoms with E-state index in [0.29, 0.717) is 18.8 Å². The van der Waals surface area contributed by atoms with Gasteiger partial charge in [0.1, 0.15) is 5.69 Å². The summed E-state index contributed by atoms with van der Waals surface area (Å²) in [5.41, 5.74) is 0.924. The van der Waals surface area contributed by atoms with Crippen molar-refractivity contribution in [1.82, 2.24) is 4.98 Å². The molecule has 6 heteroatoms. The maximum atomic E-state index is 11.2. The van der Waals surface area contributed by atoms with E-state index >= 15 is 0 Å². The lowest BCUT2D eigenvalue weighted by atomic mass is 10.3. The summed E-state index contributed by atoms with van der Waals surface area (Å²) in [6.07, 6.45) is 1.77. The Labute approximate surface area is 105 Å². The van der Waals surface area contributed by atoms with Crippen molar-refractivity contribution in [1.29, 1.82) is 0 Å². The Morgan fingerprint density at radius 2 is 2.22 bits per heavy atom. The average molecular weight is 252 g/mol. The predicted octanol–water partition coefficient (Wildman–Crippen LogP) is 1.23. The molecule has 0 aromatic carbocycles. The first kappa shape index (κ1) is 14.0. The Morgan fingerprint density at radius 1 is 1.44 bits per heavy atom. The lowest BCUT2D eigenvalue weighted by molar-refractivity contribution is -0.142. The van der Waals surface area contributed by atoms with Crippen LogP contribution in [0, 0.1) is 0 Å². The minimum absolute atomic E-state index is 0.221. The van der Waals surface area contributed by atoms with Crippen LogP contribution in [-0.2, 0) is 14.3 Å². The van der Waals surface area contributed by atoms with Gasteiger partial charge in [0.2, 0.25) is 0 Å². The number of methoxy groups -OCH3 is 1. The Bertz CT molecular complexity index is 420. The molecule has 1 N–H and O–H groups in total. The van der Waals surface area contributed by atoms with E-state index in [1.54, 1.807) is 19.1 Å². The fourth-order valence-electron chi connectivity index (χ4n) is 1.30. The van der Waals surface area contributed by atoms with Crippen molar-refractivity contribution in [3.63, 3.8) is 0 Å². The number of nitrogens with zero attached hydrogens (tertiary/aromatic N) is 1. The van der Waals surface area contributed by atoms with Crippen LogP contribution in [0.4, 0.5) is 5.69 Å². The van der Waals surface area contributed by atoms with Gasteiger partial charge in [-0.3, -0.25) is 4.79 Å². The number of esters is 2. The van der Waals surface area contributed by atoms with Crippen molar-refractivity contribution >= 4 is 17.6 Å². The van der Waals surface area contributed by atoms with Crippen LogP contribution in [-0.4, -0.2) is 37.2 Å². The molecule has 98 valence electrons. The Hall–Kier alpha value is -2.11. The molecule has 1 rings (SSSR count). The van der Waals surface area contributed by atoms with Crippen molar-refractivity contribution in [3.8, 4) is 0 Å². The van der Waals surface area contributed by atoms with Crippen LogP contribution in [0.3, 0.4) is 0 Å². The van der Waals surface area contributed by atoms with Gasteiger partial charge in [-0.05, 0) is 19.1 Å². The van der Waals surface area contributed by atoms with Crippen molar-refractivity contribution in [2.45, 2.75) is 13.3 Å². The summed E-state index contributed by atoms with van der Waals surface area (Å²) in [4.78, 5) is 26.2. The van der Waals surface area contributed by atoms with Crippen LogP contribution in [0.2, 0.25) is 0 Å². The minimum atomic E-state index is -0.496. The predicted molar refractivity (Wildman–Crippen MR) is 65.3 cm³/mol. The van der Waals surface area contributed by atoms with Crippen LogP contribution in [0.25, 0.3) is 0 Å². The highest BCUT2D eigenvalue weighted by Gasteiger charge is 2.07. The molecule has 0 aliphatic rings. The zero-order valence-electron chi connectivity index (χ0n) is 10.4. The summed E-state index contributed by atoms with van der Waals surface area (Å²) in [6, 6.07) is 3.27. The van der Waals surface area contributed by atoms with Crippen LogP contribution >= 0.6 is 0 Å². The minimum Gasteiger partial charge on any atom is -0.466 e. The topological polar surface area (TPSA) is 77.5 Å². The van der Waals surface area contributed by atoms with E-state index in [2.05, 4.69) is 15.0 Å². The molecule has 1 heterocycles. The standard InChI is InChI=1S/C12H16N2O4/c1-3-18-11(15)5-7-13-9-4-6-14-10(8-9)12(16)17-2/h4,6,8H,3,5,7H2,1-2H3,(H,13,14). The molecule has 0 saturated carbocycles. The van der Waals surface area contributed by atoms with Gasteiger partial charge in [-0.2, -0.15) is 0 Å². The van der Waals surface area contributed by atoms with E-state index < -0.39 is 5.97 Å². The first-order valence-corrected chi connectivity index (χ1v) is 5.61. The highest BCUT2D eigenvalue weighted by molar-refractivity contribution is 5.88. The number of pyridine rings is 1. The summed E-state index contributed by atoms with van der Waals surface area (Å²) >= 11 is 0. The second-order valence-corrected chi connectivity index (χ2v) is 3.40. The zero-order valence-corrected chi connectivity index (χ0v) is 10.4. The monoisotopic (exact) mass is 252 g/mol. The first-order chi connectivity index (χ1) is 8.67. The van der Waals surface area contributed by atoms with E-state index in [1.807, 2.05) is 0 Å². The number of hydrogen-bond acceptors (Lipinski definition) is 6. The molecule has 1 aromatic rings. The Morgan fingerprint density at radius 3 is 2.89 bits per heavy atom. The highest BCUT2D eigenvalue weighted by atomic mass is 16.5. The molecule has 0 fully saturated rings. The van der Waals surface area contributed by atoms with E-state index in [9.17, 15) is 9.59 Å². The van der Waals surface area contributed by atoms with Gasteiger partial charge >= 0.3 is 11.9 Å². The highest BCUT2D eigenvalue weighted by Crippen LogP contribution is 2.08. The molecule has 0 saturated heterocycles. The maximum Gasteiger partial charge on any atom is 0.356 e. The number of carbonyl (C=O) groups is 2. The number of rotatable bonds is 6. The van der Waals surface area contributed by atoms with Crippen molar-refractivity contribution in [2.24, 2.45) is 0 Å². The number of carbonyl (C=O) groups excluding carboxylic acids is 2. The second-order valence-electron chi connectivity index (χ2n) is 3.40. The number of hydrogen-bond donors (Lipinski definition) is 1. The smallest absolute Gasteiger partial charge is 0.356 e. The van der Waals surface area contributed by atoms with E-state index in [0.717, 1.165) is 0 Å². The molecule has 0 amide bonds. The lowest BCUT2D eigenvalue weighted by Crippen LogP contribution is -2.12. The van der Waals surface area contributed by atoms with Gasteiger partial charge in [0.05, 0.1) is 20.1 Å². The van der Waals surface area contributed by atoms with Crippen LogP contribution in [0.15, 0.2) is 18.3 Å². The van der Waals surface area contributed by atoms with Gasteiger partial charge in [0, 0.05) is 18.4 Å². The SMILES string of the molecule is CCOC(=O)CCNc1ccnc(C(=O)OC)c1. The zero-order chi connectivity index (χ0) is 13.4. The molecule has 0 atom stereocenters. The average Bonchev–Trinajstić information content (AvgIpc) is 2.38. The fourth-order valence-corrected chi connectivity index (χ4v) is 1.30. The Kier molecular flexibility index (Phi) is 5.63. The summed E-state index contributed by atoms with van der Waals surface area (Å²) in [7, 11) is 1.30. The van der Waals surface area contributed by atoms with Gasteiger partial charge in [-0.25, -0.2) is 9.78 Å². The fraction of sp³-hybridized carbons (Fsp3) is 0.417. The summed E-state index contributed by atoms with van der Waals surface area (Å²) in [5, 5.41) is 3.00. The third-order valence-electron chi connectivity index (χ3n) is 2.12. The van der Waals surface area contributed by atoms with Gasteiger partial charge in [-0.1, -0.05) is 0 Å². The molecular weight excluding hydrogens is 236 g/mol. The molecule has 0 unspecified atom stereocenters. The molecule has 0 radical (unpaired) electrons. The maximum absolute atomic E-state index is 11.2. The van der Waals surface area contributed by atoms with E-state index in [4.69, 9.17) is 4.74 Å².